The van der Waals surface area contributed by atoms with Crippen molar-refractivity contribution in [3.63, 3.8) is 0 Å². The SMILES string of the molecule is CCOc1ccccc1/C=C(\NC(=O)c1ccccc1)C(=O)Nc1ccc(SCC(=O)Nc2c(C)n(C)n(-c3ccccc3)c2=O)cc1. The smallest absolute Gasteiger partial charge is 0.295 e. The fourth-order valence-corrected chi connectivity index (χ4v) is 5.55. The molecule has 3 N–H and O–H groups in total. The van der Waals surface area contributed by atoms with Crippen LogP contribution in [-0.4, -0.2) is 39.4 Å². The van der Waals surface area contributed by atoms with Crippen LogP contribution in [-0.2, 0) is 16.6 Å². The van der Waals surface area contributed by atoms with E-state index in [2.05, 4.69) is 16.0 Å². The number of para-hydroxylation sites is 2. The minimum Gasteiger partial charge on any atom is -0.493 e. The molecule has 0 atom stereocenters. The number of rotatable bonds is 12. The zero-order valence-electron chi connectivity index (χ0n) is 26.7. The van der Waals surface area contributed by atoms with E-state index in [9.17, 15) is 19.2 Å². The number of nitrogens with one attached hydrogen (secondary N) is 3. The van der Waals surface area contributed by atoms with Crippen LogP contribution in [0.25, 0.3) is 11.8 Å². The molecule has 0 aliphatic carbocycles. The Labute approximate surface area is 282 Å². The molecule has 0 saturated carbocycles. The Morgan fingerprint density at radius 2 is 1.48 bits per heavy atom. The lowest BCUT2D eigenvalue weighted by Crippen LogP contribution is -2.30. The predicted molar refractivity (Wildman–Crippen MR) is 190 cm³/mol. The first-order valence-corrected chi connectivity index (χ1v) is 16.2. The first-order valence-electron chi connectivity index (χ1n) is 15.2. The van der Waals surface area contributed by atoms with Crippen molar-refractivity contribution in [1.82, 2.24) is 14.7 Å². The minimum atomic E-state index is -0.523. The Morgan fingerprint density at radius 3 is 2.17 bits per heavy atom. The van der Waals surface area contributed by atoms with Gasteiger partial charge in [0, 0.05) is 28.8 Å². The van der Waals surface area contributed by atoms with Crippen molar-refractivity contribution in [2.24, 2.45) is 7.05 Å². The van der Waals surface area contributed by atoms with Gasteiger partial charge < -0.3 is 20.7 Å². The second-order valence-electron chi connectivity index (χ2n) is 10.6. The third-order valence-corrected chi connectivity index (χ3v) is 8.36. The van der Waals surface area contributed by atoms with Gasteiger partial charge in [0.15, 0.2) is 0 Å². The topological polar surface area (TPSA) is 123 Å². The summed E-state index contributed by atoms with van der Waals surface area (Å²) in [6.45, 7) is 4.09. The van der Waals surface area contributed by atoms with Crippen molar-refractivity contribution < 1.29 is 19.1 Å². The van der Waals surface area contributed by atoms with Crippen LogP contribution in [0.5, 0.6) is 5.75 Å². The number of carbonyl (C=O) groups excluding carboxylic acids is 3. The van der Waals surface area contributed by atoms with E-state index in [0.717, 1.165) is 4.90 Å². The molecule has 3 amide bonds. The molecule has 10 nitrogen and oxygen atoms in total. The monoisotopic (exact) mass is 661 g/mol. The van der Waals surface area contributed by atoms with Crippen LogP contribution in [0.1, 0.15) is 28.5 Å². The Morgan fingerprint density at radius 1 is 0.833 bits per heavy atom. The van der Waals surface area contributed by atoms with E-state index in [0.29, 0.717) is 40.6 Å². The number of anilines is 2. The van der Waals surface area contributed by atoms with Crippen LogP contribution in [0.4, 0.5) is 11.4 Å². The third-order valence-electron chi connectivity index (χ3n) is 7.35. The molecule has 4 aromatic carbocycles. The number of hydrogen-bond acceptors (Lipinski definition) is 6. The number of amides is 3. The van der Waals surface area contributed by atoms with Crippen LogP contribution in [0, 0.1) is 6.92 Å². The molecule has 0 unspecified atom stereocenters. The van der Waals surface area contributed by atoms with Gasteiger partial charge >= 0.3 is 0 Å². The zero-order chi connectivity index (χ0) is 34.0. The number of benzene rings is 4. The summed E-state index contributed by atoms with van der Waals surface area (Å²) in [5, 5.41) is 8.34. The molecule has 5 aromatic rings. The highest BCUT2D eigenvalue weighted by Crippen LogP contribution is 2.23. The normalized spacial score (nSPS) is 11.1. The average molecular weight is 662 g/mol. The lowest BCUT2D eigenvalue weighted by molar-refractivity contribution is -0.114. The van der Waals surface area contributed by atoms with E-state index < -0.39 is 11.8 Å². The second-order valence-corrected chi connectivity index (χ2v) is 11.6. The van der Waals surface area contributed by atoms with Gasteiger partial charge in [-0.05, 0) is 74.5 Å². The van der Waals surface area contributed by atoms with Crippen molar-refractivity contribution in [1.29, 1.82) is 0 Å². The van der Waals surface area contributed by atoms with Crippen molar-refractivity contribution in [3.05, 3.63) is 142 Å². The van der Waals surface area contributed by atoms with Gasteiger partial charge in [-0.25, -0.2) is 4.68 Å². The summed E-state index contributed by atoms with van der Waals surface area (Å²) in [4.78, 5) is 53.2. The molecular formula is C37H35N5O5S. The van der Waals surface area contributed by atoms with E-state index in [1.54, 1.807) is 91.5 Å². The molecule has 0 bridgehead atoms. The molecule has 1 aromatic heterocycles. The highest BCUT2D eigenvalue weighted by Gasteiger charge is 2.19. The zero-order valence-corrected chi connectivity index (χ0v) is 27.5. The quantitative estimate of drug-likeness (QED) is 0.111. The second kappa shape index (κ2) is 15.7. The Balaban J connectivity index is 1.25. The highest BCUT2D eigenvalue weighted by molar-refractivity contribution is 8.00. The molecular weight excluding hydrogens is 627 g/mol. The van der Waals surface area contributed by atoms with Gasteiger partial charge in [-0.3, -0.25) is 23.9 Å². The molecule has 0 spiro atoms. The number of hydrogen-bond donors (Lipinski definition) is 3. The van der Waals surface area contributed by atoms with Crippen molar-refractivity contribution >= 4 is 46.9 Å². The number of ether oxygens (including phenoxy) is 1. The number of aromatic nitrogens is 2. The minimum absolute atomic E-state index is 0.0358. The lowest BCUT2D eigenvalue weighted by atomic mass is 10.1. The van der Waals surface area contributed by atoms with Gasteiger partial charge in [0.25, 0.3) is 17.4 Å². The van der Waals surface area contributed by atoms with Gasteiger partial charge in [0.2, 0.25) is 5.91 Å². The predicted octanol–water partition coefficient (Wildman–Crippen LogP) is 6.02. The summed E-state index contributed by atoms with van der Waals surface area (Å²) < 4.78 is 8.93. The van der Waals surface area contributed by atoms with Crippen LogP contribution in [0.2, 0.25) is 0 Å². The van der Waals surface area contributed by atoms with Crippen LogP contribution >= 0.6 is 11.8 Å². The first kappa shape index (κ1) is 33.6. The molecule has 244 valence electrons. The van der Waals surface area contributed by atoms with Gasteiger partial charge in [-0.2, -0.15) is 0 Å². The molecule has 0 saturated heterocycles. The lowest BCUT2D eigenvalue weighted by Gasteiger charge is -2.13. The fraction of sp³-hybridized carbons (Fsp3) is 0.135. The Kier molecular flexibility index (Phi) is 10.9. The molecule has 0 aliphatic rings. The first-order chi connectivity index (χ1) is 23.2. The molecule has 0 aliphatic heterocycles. The summed E-state index contributed by atoms with van der Waals surface area (Å²) >= 11 is 1.29. The van der Waals surface area contributed by atoms with Crippen molar-refractivity contribution in [2.45, 2.75) is 18.7 Å². The van der Waals surface area contributed by atoms with Crippen LogP contribution < -0.4 is 26.2 Å². The van der Waals surface area contributed by atoms with Crippen molar-refractivity contribution in [2.75, 3.05) is 23.0 Å². The standard InChI is InChI=1S/C37H35N5O5S/c1-4-47-32-18-12-11-15-27(32)23-31(39-35(44)26-13-7-5-8-14-26)36(45)38-28-19-21-30(22-20-28)48-24-33(43)40-34-25(2)41(3)42(37(34)46)29-16-9-6-10-17-29/h5-23H,4,24H2,1-3H3,(H,38,45)(H,39,44)(H,40,43)/b31-23-. The number of thioether (sulfide) groups is 1. The summed E-state index contributed by atoms with van der Waals surface area (Å²) in [5.74, 6) is -0.624. The van der Waals surface area contributed by atoms with Gasteiger partial charge in [-0.15, -0.1) is 11.8 Å². The maximum atomic E-state index is 13.5. The summed E-state index contributed by atoms with van der Waals surface area (Å²) in [5.41, 5.74) is 2.83. The van der Waals surface area contributed by atoms with Gasteiger partial charge in [0.05, 0.1) is 23.7 Å². The largest absolute Gasteiger partial charge is 0.493 e. The third kappa shape index (κ3) is 8.12. The Bertz CT molecular complexity index is 2000. The van der Waals surface area contributed by atoms with E-state index in [1.165, 1.54) is 16.4 Å². The highest BCUT2D eigenvalue weighted by atomic mass is 32.2. The number of nitrogens with zero attached hydrogens (tertiary/aromatic N) is 2. The van der Waals surface area contributed by atoms with E-state index in [1.807, 2.05) is 49.4 Å². The van der Waals surface area contributed by atoms with E-state index >= 15 is 0 Å². The average Bonchev–Trinajstić information content (AvgIpc) is 3.31. The molecule has 0 radical (unpaired) electrons. The summed E-state index contributed by atoms with van der Waals surface area (Å²) in [6.07, 6.45) is 1.58. The molecule has 48 heavy (non-hydrogen) atoms. The molecule has 1 heterocycles. The Hall–Kier alpha value is -5.81. The molecule has 11 heteroatoms. The van der Waals surface area contributed by atoms with E-state index in [-0.39, 0.29) is 28.6 Å². The number of carbonyl (C=O) groups is 3. The van der Waals surface area contributed by atoms with Gasteiger partial charge in [0.1, 0.15) is 17.1 Å². The van der Waals surface area contributed by atoms with Crippen LogP contribution in [0.3, 0.4) is 0 Å². The van der Waals surface area contributed by atoms with Crippen LogP contribution in [0.15, 0.2) is 125 Å². The van der Waals surface area contributed by atoms with Crippen molar-refractivity contribution in [3.8, 4) is 11.4 Å². The van der Waals surface area contributed by atoms with Gasteiger partial charge in [-0.1, -0.05) is 54.6 Å². The maximum Gasteiger partial charge on any atom is 0.295 e. The molecule has 0 fully saturated rings. The maximum absolute atomic E-state index is 13.5. The van der Waals surface area contributed by atoms with E-state index in [4.69, 9.17) is 4.74 Å². The molecule has 5 rings (SSSR count). The summed E-state index contributed by atoms with van der Waals surface area (Å²) in [7, 11) is 1.77. The summed E-state index contributed by atoms with van der Waals surface area (Å²) in [6, 6.07) is 32.1. The fourth-order valence-electron chi connectivity index (χ4n) is 4.85.